The molecular formula is C26H28FN6O2+. The summed E-state index contributed by atoms with van der Waals surface area (Å²) in [6.07, 6.45) is 1.96. The summed E-state index contributed by atoms with van der Waals surface area (Å²) < 4.78 is 20.8. The fourth-order valence-corrected chi connectivity index (χ4v) is 4.39. The van der Waals surface area contributed by atoms with Crippen LogP contribution in [0.5, 0.6) is 5.75 Å². The van der Waals surface area contributed by atoms with Gasteiger partial charge in [-0.1, -0.05) is 6.07 Å². The second-order valence-electron chi connectivity index (χ2n) is 8.84. The first-order valence-electron chi connectivity index (χ1n) is 11.5. The van der Waals surface area contributed by atoms with Gasteiger partial charge in [-0.05, 0) is 43.7 Å². The Labute approximate surface area is 202 Å². The second kappa shape index (κ2) is 8.90. The molecule has 0 aliphatic carbocycles. The Morgan fingerprint density at radius 1 is 1.20 bits per heavy atom. The van der Waals surface area contributed by atoms with E-state index >= 15 is 0 Å². The van der Waals surface area contributed by atoms with Crippen LogP contribution in [-0.4, -0.2) is 36.2 Å². The Morgan fingerprint density at radius 2 is 2.00 bits per heavy atom. The number of aromatic nitrogens is 3. The number of benzene rings is 2. The number of likely N-dealkylation sites (N-methyl/N-ethyl adjacent to an activating group) is 1. The Kier molecular flexibility index (Phi) is 5.76. The maximum Gasteiger partial charge on any atom is 0.246 e. The number of ether oxygens (including phenoxy) is 1. The van der Waals surface area contributed by atoms with Crippen molar-refractivity contribution < 1.29 is 18.6 Å². The molecule has 0 bridgehead atoms. The standard InChI is InChI=1S/C26H27FN6O2/c1-15-25-22(32(3)16(2)26(34)31-25)11-24(30-15)28-12-17-6-8-21-19(9-17)13-29-33(21)14-18-5-7-20(27)23(10-18)35-4/h5-11,13,16H,12,14H2,1-4H3,(H2,28,30,31,34)/p+1/t16-/m0/s1. The van der Waals surface area contributed by atoms with Crippen LogP contribution < -0.4 is 25.0 Å². The molecule has 2 aromatic heterocycles. The number of hydrogen-bond donors (Lipinski definition) is 3. The van der Waals surface area contributed by atoms with Crippen LogP contribution in [0.2, 0.25) is 0 Å². The highest BCUT2D eigenvalue weighted by molar-refractivity contribution is 6.04. The number of rotatable bonds is 6. The highest BCUT2D eigenvalue weighted by Gasteiger charge is 2.28. The SMILES string of the molecule is COc1cc(C[n+]2[nH]cc3cc(CNc4cc5c(c(C)n4)NC(=O)[C@H](C)N5C)ccc32)ccc1F. The largest absolute Gasteiger partial charge is 0.494 e. The molecule has 3 N–H and O–H groups in total. The van der Waals surface area contributed by atoms with Crippen molar-refractivity contribution in [3.05, 3.63) is 71.3 Å². The zero-order chi connectivity index (χ0) is 24.7. The molecule has 35 heavy (non-hydrogen) atoms. The van der Waals surface area contributed by atoms with Crippen molar-refractivity contribution in [2.45, 2.75) is 33.0 Å². The third kappa shape index (κ3) is 4.25. The molecule has 0 saturated heterocycles. The van der Waals surface area contributed by atoms with Gasteiger partial charge in [0, 0.05) is 31.3 Å². The summed E-state index contributed by atoms with van der Waals surface area (Å²) in [5.41, 5.74) is 5.58. The van der Waals surface area contributed by atoms with Gasteiger partial charge in [0.05, 0.1) is 35.8 Å². The number of halogens is 1. The minimum Gasteiger partial charge on any atom is -0.494 e. The van der Waals surface area contributed by atoms with E-state index in [9.17, 15) is 9.18 Å². The molecule has 0 unspecified atom stereocenters. The van der Waals surface area contributed by atoms with Gasteiger partial charge in [-0.15, -0.1) is 4.68 Å². The number of amides is 1. The van der Waals surface area contributed by atoms with Crippen molar-refractivity contribution in [1.29, 1.82) is 0 Å². The van der Waals surface area contributed by atoms with E-state index in [1.54, 1.807) is 12.1 Å². The first kappa shape index (κ1) is 22.6. The molecule has 4 aromatic rings. The van der Waals surface area contributed by atoms with Crippen molar-refractivity contribution in [3.8, 4) is 5.75 Å². The highest BCUT2D eigenvalue weighted by atomic mass is 19.1. The molecular weight excluding hydrogens is 447 g/mol. The van der Waals surface area contributed by atoms with Gasteiger partial charge in [0.25, 0.3) is 0 Å². The summed E-state index contributed by atoms with van der Waals surface area (Å²) in [6.45, 7) is 4.95. The number of aromatic amines is 1. The van der Waals surface area contributed by atoms with Gasteiger partial charge < -0.3 is 20.3 Å². The van der Waals surface area contributed by atoms with Crippen LogP contribution in [-0.2, 0) is 17.9 Å². The lowest BCUT2D eigenvalue weighted by Gasteiger charge is -2.34. The Bertz CT molecular complexity index is 1430. The number of hydrogen-bond acceptors (Lipinski definition) is 5. The summed E-state index contributed by atoms with van der Waals surface area (Å²) in [5, 5.41) is 10.7. The number of methoxy groups -OCH3 is 1. The van der Waals surface area contributed by atoms with E-state index in [4.69, 9.17) is 4.74 Å². The molecule has 0 radical (unpaired) electrons. The molecule has 1 amide bonds. The van der Waals surface area contributed by atoms with Gasteiger partial charge in [-0.25, -0.2) is 9.37 Å². The smallest absolute Gasteiger partial charge is 0.246 e. The topological polar surface area (TPSA) is 86.2 Å². The van der Waals surface area contributed by atoms with Crippen molar-refractivity contribution >= 4 is 34.0 Å². The minimum atomic E-state index is -0.371. The van der Waals surface area contributed by atoms with Gasteiger partial charge in [0.2, 0.25) is 11.4 Å². The van der Waals surface area contributed by atoms with Crippen molar-refractivity contribution in [2.75, 3.05) is 29.7 Å². The van der Waals surface area contributed by atoms with E-state index in [1.165, 1.54) is 13.2 Å². The average Bonchev–Trinajstić information content (AvgIpc) is 3.25. The Balaban J connectivity index is 1.32. The lowest BCUT2D eigenvalue weighted by molar-refractivity contribution is -0.718. The number of nitrogens with zero attached hydrogens (tertiary/aromatic N) is 3. The van der Waals surface area contributed by atoms with Gasteiger partial charge in [-0.2, -0.15) is 5.10 Å². The van der Waals surface area contributed by atoms with Crippen molar-refractivity contribution in [3.63, 3.8) is 0 Å². The number of nitrogens with one attached hydrogen (secondary N) is 3. The second-order valence-corrected chi connectivity index (χ2v) is 8.84. The normalized spacial score (nSPS) is 15.2. The van der Waals surface area contributed by atoms with E-state index in [0.29, 0.717) is 13.1 Å². The molecule has 1 atom stereocenters. The third-order valence-corrected chi connectivity index (χ3v) is 6.56. The summed E-state index contributed by atoms with van der Waals surface area (Å²) in [6, 6.07) is 12.9. The van der Waals surface area contributed by atoms with Crippen LogP contribution in [0.1, 0.15) is 23.7 Å². The van der Waals surface area contributed by atoms with Crippen molar-refractivity contribution in [1.82, 2.24) is 10.1 Å². The fraction of sp³-hybridized carbons (Fsp3) is 0.269. The van der Waals surface area contributed by atoms with E-state index in [1.807, 2.05) is 42.7 Å². The first-order chi connectivity index (χ1) is 16.8. The van der Waals surface area contributed by atoms with Crippen LogP contribution in [0.3, 0.4) is 0 Å². The van der Waals surface area contributed by atoms with Crippen molar-refractivity contribution in [2.24, 2.45) is 0 Å². The number of carbonyl (C=O) groups is 1. The molecule has 5 rings (SSSR count). The van der Waals surface area contributed by atoms with Gasteiger partial charge in [0.1, 0.15) is 11.9 Å². The van der Waals surface area contributed by atoms with Gasteiger partial charge in [-0.3, -0.25) is 4.79 Å². The Morgan fingerprint density at radius 3 is 2.80 bits per heavy atom. The molecule has 0 saturated carbocycles. The Hall–Kier alpha value is -4.14. The summed E-state index contributed by atoms with van der Waals surface area (Å²) in [7, 11) is 3.38. The molecule has 0 fully saturated rings. The van der Waals surface area contributed by atoms with Gasteiger partial charge >= 0.3 is 0 Å². The summed E-state index contributed by atoms with van der Waals surface area (Å²) in [5.74, 6) is 0.595. The summed E-state index contributed by atoms with van der Waals surface area (Å²) >= 11 is 0. The van der Waals surface area contributed by atoms with E-state index in [-0.39, 0.29) is 23.5 Å². The predicted molar refractivity (Wildman–Crippen MR) is 133 cm³/mol. The lowest BCUT2D eigenvalue weighted by atomic mass is 10.1. The molecule has 1 aliphatic heterocycles. The number of pyridine rings is 1. The molecule has 8 nitrogen and oxygen atoms in total. The fourth-order valence-electron chi connectivity index (χ4n) is 4.39. The van der Waals surface area contributed by atoms with Crippen LogP contribution in [0.25, 0.3) is 10.9 Å². The lowest BCUT2D eigenvalue weighted by Crippen LogP contribution is -2.44. The van der Waals surface area contributed by atoms with Gasteiger partial charge in [0.15, 0.2) is 18.1 Å². The first-order valence-corrected chi connectivity index (χ1v) is 11.5. The van der Waals surface area contributed by atoms with Crippen LogP contribution in [0.15, 0.2) is 48.7 Å². The van der Waals surface area contributed by atoms with Crippen LogP contribution in [0.4, 0.5) is 21.6 Å². The average molecular weight is 476 g/mol. The number of carbonyl (C=O) groups excluding carboxylic acids is 1. The number of anilines is 3. The van der Waals surface area contributed by atoms with Crippen LogP contribution >= 0.6 is 0 Å². The quantitative estimate of drug-likeness (QED) is 0.370. The number of fused-ring (bicyclic) bond motifs is 2. The maximum atomic E-state index is 13.7. The van der Waals surface area contributed by atoms with Crippen LogP contribution in [0, 0.1) is 12.7 Å². The molecule has 1 aliphatic rings. The molecule has 0 spiro atoms. The predicted octanol–water partition coefficient (Wildman–Crippen LogP) is 3.74. The zero-order valence-corrected chi connectivity index (χ0v) is 20.1. The minimum absolute atomic E-state index is 0.0266. The highest BCUT2D eigenvalue weighted by Crippen LogP contribution is 2.35. The molecule has 2 aromatic carbocycles. The number of aryl methyl sites for hydroxylation is 1. The van der Waals surface area contributed by atoms with E-state index in [2.05, 4.69) is 38.9 Å². The molecule has 9 heteroatoms. The third-order valence-electron chi connectivity index (χ3n) is 6.56. The maximum absolute atomic E-state index is 13.7. The van der Waals surface area contributed by atoms with E-state index in [0.717, 1.165) is 44.9 Å². The van der Waals surface area contributed by atoms with E-state index < -0.39 is 0 Å². The molecule has 180 valence electrons. The monoisotopic (exact) mass is 475 g/mol. The zero-order valence-electron chi connectivity index (χ0n) is 20.1. The number of H-pyrrole nitrogens is 1. The summed E-state index contributed by atoms with van der Waals surface area (Å²) in [4.78, 5) is 18.7. The molecule has 3 heterocycles.